The highest BCUT2D eigenvalue weighted by molar-refractivity contribution is 14.0. The molecule has 6 nitrogen and oxygen atoms in total. The zero-order chi connectivity index (χ0) is 19.1. The Labute approximate surface area is 186 Å². The average molecular weight is 524 g/mol. The molecule has 0 spiro atoms. The number of halogens is 3. The van der Waals surface area contributed by atoms with Gasteiger partial charge >= 0.3 is 0 Å². The molecule has 1 aromatic carbocycles. The van der Waals surface area contributed by atoms with Crippen molar-refractivity contribution in [3.63, 3.8) is 0 Å². The summed E-state index contributed by atoms with van der Waals surface area (Å²) in [6, 6.07) is 9.45. The van der Waals surface area contributed by atoms with Crippen molar-refractivity contribution >= 4 is 64.7 Å². The maximum absolute atomic E-state index is 11.2. The Bertz CT molecular complexity index is 807. The largest absolute Gasteiger partial charge is 0.357 e. The highest BCUT2D eigenvalue weighted by atomic mass is 127. The predicted molar refractivity (Wildman–Crippen MR) is 123 cm³/mol. The minimum atomic E-state index is -0.0967. The van der Waals surface area contributed by atoms with Crippen LogP contribution in [0.5, 0.6) is 0 Å². The summed E-state index contributed by atoms with van der Waals surface area (Å²) in [4.78, 5) is 15.8. The molecule has 9 heteroatoms. The van der Waals surface area contributed by atoms with Gasteiger partial charge in [-0.15, -0.1) is 24.0 Å². The molecule has 3 N–H and O–H groups in total. The van der Waals surface area contributed by atoms with Crippen LogP contribution in [-0.2, 0) is 24.9 Å². The van der Waals surface area contributed by atoms with Crippen LogP contribution in [-0.4, -0.2) is 23.0 Å². The van der Waals surface area contributed by atoms with Crippen LogP contribution in [0.3, 0.4) is 0 Å². The van der Waals surface area contributed by atoms with Crippen LogP contribution >= 0.6 is 47.2 Å². The fraction of sp³-hybridized carbons (Fsp3) is 0.333. The van der Waals surface area contributed by atoms with Gasteiger partial charge in [0.15, 0.2) is 5.96 Å². The summed E-state index contributed by atoms with van der Waals surface area (Å²) in [5, 5.41) is 10.3. The van der Waals surface area contributed by atoms with Crippen LogP contribution in [0.25, 0.3) is 0 Å². The number of nitrogens with zero attached hydrogens (tertiary/aromatic N) is 2. The van der Waals surface area contributed by atoms with Gasteiger partial charge in [-0.3, -0.25) is 4.79 Å². The molecule has 0 radical (unpaired) electrons. The van der Waals surface area contributed by atoms with E-state index in [1.54, 1.807) is 0 Å². The lowest BCUT2D eigenvalue weighted by Crippen LogP contribution is -2.37. The van der Waals surface area contributed by atoms with Crippen LogP contribution in [0, 0.1) is 0 Å². The Morgan fingerprint density at radius 2 is 1.96 bits per heavy atom. The van der Waals surface area contributed by atoms with Crippen molar-refractivity contribution in [2.75, 3.05) is 11.9 Å². The van der Waals surface area contributed by atoms with E-state index in [1.165, 1.54) is 6.92 Å². The number of carbonyl (C=O) groups is 1. The first-order valence-electron chi connectivity index (χ1n) is 8.29. The van der Waals surface area contributed by atoms with Gasteiger partial charge in [-0.05, 0) is 30.7 Å². The van der Waals surface area contributed by atoms with Gasteiger partial charge in [0, 0.05) is 31.9 Å². The number of carbonyl (C=O) groups excluding carboxylic acids is 1. The molecule has 0 saturated heterocycles. The highest BCUT2D eigenvalue weighted by Gasteiger charge is 2.09. The summed E-state index contributed by atoms with van der Waals surface area (Å²) < 4.78 is 1.83. The molecule has 0 aliphatic carbocycles. The molecule has 2 aromatic rings. The van der Waals surface area contributed by atoms with Gasteiger partial charge in [0.05, 0.1) is 18.1 Å². The number of rotatable bonds is 6. The first-order chi connectivity index (χ1) is 12.4. The van der Waals surface area contributed by atoms with Crippen molar-refractivity contribution in [1.29, 1.82) is 0 Å². The SMILES string of the molecule is CCNC(=NCc1cccc(NC(C)=O)c1)NCc1cc(Cl)c(Cl)n1C.I. The smallest absolute Gasteiger partial charge is 0.221 e. The van der Waals surface area contributed by atoms with E-state index >= 15 is 0 Å². The standard InChI is InChI=1S/C18H23Cl2N5O.HI/c1-4-21-18(23-11-15-9-16(19)17(20)25(15)3)22-10-13-6-5-7-14(8-13)24-12(2)26;/h5-9H,4,10-11H2,1-3H3,(H,24,26)(H2,21,22,23);1H. The van der Waals surface area contributed by atoms with Gasteiger partial charge < -0.3 is 20.5 Å². The van der Waals surface area contributed by atoms with E-state index in [0.717, 1.165) is 23.5 Å². The lowest BCUT2D eigenvalue weighted by atomic mass is 10.2. The normalized spacial score (nSPS) is 10.9. The number of nitrogens with one attached hydrogen (secondary N) is 3. The minimum Gasteiger partial charge on any atom is -0.357 e. The van der Waals surface area contributed by atoms with Crippen LogP contribution in [0.4, 0.5) is 5.69 Å². The summed E-state index contributed by atoms with van der Waals surface area (Å²) in [5.74, 6) is 0.589. The van der Waals surface area contributed by atoms with Crippen molar-refractivity contribution < 1.29 is 4.79 Å². The van der Waals surface area contributed by atoms with Gasteiger partial charge in [-0.25, -0.2) is 4.99 Å². The Hall–Kier alpha value is -1.45. The van der Waals surface area contributed by atoms with Crippen molar-refractivity contribution in [2.45, 2.75) is 26.9 Å². The molecule has 0 fully saturated rings. The second kappa shape index (κ2) is 11.4. The van der Waals surface area contributed by atoms with Crippen molar-refractivity contribution in [2.24, 2.45) is 12.0 Å². The molecule has 0 bridgehead atoms. The number of aliphatic imine (C=N–C) groups is 1. The number of aromatic nitrogens is 1. The van der Waals surface area contributed by atoms with E-state index in [4.69, 9.17) is 23.2 Å². The van der Waals surface area contributed by atoms with Gasteiger partial charge in [0.1, 0.15) is 5.15 Å². The third-order valence-corrected chi connectivity index (χ3v) is 4.51. The van der Waals surface area contributed by atoms with Crippen molar-refractivity contribution in [3.05, 3.63) is 51.8 Å². The van der Waals surface area contributed by atoms with Crippen LogP contribution in [0.2, 0.25) is 10.2 Å². The van der Waals surface area contributed by atoms with Crippen molar-refractivity contribution in [3.8, 4) is 0 Å². The number of hydrogen-bond acceptors (Lipinski definition) is 2. The summed E-state index contributed by atoms with van der Waals surface area (Å²) in [7, 11) is 1.86. The summed E-state index contributed by atoms with van der Waals surface area (Å²) >= 11 is 12.1. The Kier molecular flexibility index (Phi) is 9.97. The van der Waals surface area contributed by atoms with E-state index in [0.29, 0.717) is 29.2 Å². The molecule has 1 amide bonds. The number of guanidine groups is 1. The molecule has 148 valence electrons. The molecule has 2 rings (SSSR count). The molecule has 1 heterocycles. The lowest BCUT2D eigenvalue weighted by molar-refractivity contribution is -0.114. The fourth-order valence-corrected chi connectivity index (χ4v) is 2.81. The van der Waals surface area contributed by atoms with E-state index in [1.807, 2.05) is 48.9 Å². The average Bonchev–Trinajstić information content (AvgIpc) is 2.84. The summed E-state index contributed by atoms with van der Waals surface area (Å²) in [6.07, 6.45) is 0. The van der Waals surface area contributed by atoms with Crippen LogP contribution in [0.1, 0.15) is 25.1 Å². The second-order valence-electron chi connectivity index (χ2n) is 5.76. The third-order valence-electron chi connectivity index (χ3n) is 3.66. The topological polar surface area (TPSA) is 70.4 Å². The molecule has 0 saturated carbocycles. The van der Waals surface area contributed by atoms with Gasteiger partial charge in [0.25, 0.3) is 0 Å². The molecule has 1 aromatic heterocycles. The van der Waals surface area contributed by atoms with Crippen molar-refractivity contribution in [1.82, 2.24) is 15.2 Å². The van der Waals surface area contributed by atoms with Crippen LogP contribution in [0.15, 0.2) is 35.3 Å². The highest BCUT2D eigenvalue weighted by Crippen LogP contribution is 2.24. The molecule has 27 heavy (non-hydrogen) atoms. The van der Waals surface area contributed by atoms with Gasteiger partial charge in [0.2, 0.25) is 5.91 Å². The zero-order valence-electron chi connectivity index (χ0n) is 15.5. The molecule has 0 unspecified atom stereocenters. The maximum Gasteiger partial charge on any atom is 0.221 e. The van der Waals surface area contributed by atoms with E-state index < -0.39 is 0 Å². The number of hydrogen-bond donors (Lipinski definition) is 3. The van der Waals surface area contributed by atoms with Gasteiger partial charge in [-0.1, -0.05) is 35.3 Å². The molecule has 0 aliphatic rings. The van der Waals surface area contributed by atoms with E-state index in [-0.39, 0.29) is 29.9 Å². The summed E-state index contributed by atoms with van der Waals surface area (Å²) in [5.41, 5.74) is 2.72. The van der Waals surface area contributed by atoms with E-state index in [2.05, 4.69) is 20.9 Å². The van der Waals surface area contributed by atoms with E-state index in [9.17, 15) is 4.79 Å². The number of anilines is 1. The van der Waals surface area contributed by atoms with Gasteiger partial charge in [-0.2, -0.15) is 0 Å². The third kappa shape index (κ3) is 7.23. The maximum atomic E-state index is 11.2. The predicted octanol–water partition coefficient (Wildman–Crippen LogP) is 4.16. The molecular formula is C18H24Cl2IN5O. The monoisotopic (exact) mass is 523 g/mol. The van der Waals surface area contributed by atoms with Crippen LogP contribution < -0.4 is 16.0 Å². The number of benzene rings is 1. The Balaban J connectivity index is 0.00000364. The number of amides is 1. The summed E-state index contributed by atoms with van der Waals surface area (Å²) in [6.45, 7) is 5.26. The zero-order valence-corrected chi connectivity index (χ0v) is 19.3. The first-order valence-corrected chi connectivity index (χ1v) is 9.04. The minimum absolute atomic E-state index is 0. The molecule has 0 atom stereocenters. The lowest BCUT2D eigenvalue weighted by Gasteiger charge is -2.12. The Morgan fingerprint density at radius 1 is 1.22 bits per heavy atom. The molecular weight excluding hydrogens is 500 g/mol. The fourth-order valence-electron chi connectivity index (χ4n) is 2.40. The Morgan fingerprint density at radius 3 is 2.56 bits per heavy atom. The second-order valence-corrected chi connectivity index (χ2v) is 6.53. The quantitative estimate of drug-likeness (QED) is 0.302. The first kappa shape index (κ1) is 23.6. The molecule has 0 aliphatic heterocycles.